The lowest BCUT2D eigenvalue weighted by Crippen LogP contribution is -2.30. The summed E-state index contributed by atoms with van der Waals surface area (Å²) >= 11 is 0. The van der Waals surface area contributed by atoms with E-state index in [1.807, 2.05) is 57.2 Å². The molecule has 2 heterocycles. The lowest BCUT2D eigenvalue weighted by atomic mass is 10.1. The molecule has 2 amide bonds. The molecule has 0 spiro atoms. The van der Waals surface area contributed by atoms with E-state index in [-0.39, 0.29) is 29.2 Å². The third kappa shape index (κ3) is 4.10. The number of esters is 1. The van der Waals surface area contributed by atoms with Gasteiger partial charge in [0.2, 0.25) is 5.82 Å². The molecular weight excluding hydrogens is 446 g/mol. The Hall–Kier alpha value is -4.59. The van der Waals surface area contributed by atoms with Crippen LogP contribution >= 0.6 is 0 Å². The van der Waals surface area contributed by atoms with Crippen LogP contribution in [0.2, 0.25) is 0 Å². The van der Waals surface area contributed by atoms with Crippen LogP contribution in [0.15, 0.2) is 65.2 Å². The van der Waals surface area contributed by atoms with E-state index >= 15 is 0 Å². The Labute approximate surface area is 201 Å². The fourth-order valence-corrected chi connectivity index (χ4v) is 3.89. The normalized spacial score (nSPS) is 12.7. The molecule has 0 N–H and O–H groups in total. The molecule has 0 fully saturated rings. The predicted molar refractivity (Wildman–Crippen MR) is 127 cm³/mol. The lowest BCUT2D eigenvalue weighted by Gasteiger charge is -2.17. The highest BCUT2D eigenvalue weighted by Crippen LogP contribution is 2.32. The number of carbonyl (C=O) groups is 3. The molecular formula is C27H21N3O5. The fraction of sp³-hybridized carbons (Fsp3) is 0.148. The smallest absolute Gasteiger partial charge is 0.338 e. The number of aryl methyl sites for hydroxylation is 3. The minimum absolute atomic E-state index is 0.141. The van der Waals surface area contributed by atoms with Gasteiger partial charge in [-0.15, -0.1) is 0 Å². The first-order chi connectivity index (χ1) is 16.8. The van der Waals surface area contributed by atoms with E-state index in [1.54, 1.807) is 6.07 Å². The van der Waals surface area contributed by atoms with Crippen molar-refractivity contribution in [2.24, 2.45) is 0 Å². The first kappa shape index (κ1) is 22.2. The van der Waals surface area contributed by atoms with E-state index in [0.29, 0.717) is 11.5 Å². The molecule has 4 aromatic rings. The summed E-state index contributed by atoms with van der Waals surface area (Å²) in [6.07, 6.45) is 0. The van der Waals surface area contributed by atoms with E-state index in [4.69, 9.17) is 9.26 Å². The van der Waals surface area contributed by atoms with Gasteiger partial charge in [0.1, 0.15) is 0 Å². The van der Waals surface area contributed by atoms with E-state index in [0.717, 1.165) is 27.2 Å². The van der Waals surface area contributed by atoms with Gasteiger partial charge >= 0.3 is 5.97 Å². The number of benzene rings is 3. The minimum atomic E-state index is -0.673. The molecule has 1 aliphatic rings. The number of imide groups is 1. The third-order valence-electron chi connectivity index (χ3n) is 5.83. The molecule has 5 rings (SSSR count). The average Bonchev–Trinajstić information content (AvgIpc) is 3.42. The number of hydrogen-bond donors (Lipinski definition) is 0. The quantitative estimate of drug-likeness (QED) is 0.306. The Morgan fingerprint density at radius 3 is 2.37 bits per heavy atom. The number of amides is 2. The zero-order valence-electron chi connectivity index (χ0n) is 19.4. The van der Waals surface area contributed by atoms with Crippen molar-refractivity contribution in [2.75, 3.05) is 4.90 Å². The summed E-state index contributed by atoms with van der Waals surface area (Å²) in [5.41, 5.74) is 4.70. The maximum absolute atomic E-state index is 13.1. The Bertz CT molecular complexity index is 1490. The summed E-state index contributed by atoms with van der Waals surface area (Å²) in [6, 6.07) is 17.5. The summed E-state index contributed by atoms with van der Waals surface area (Å²) in [4.78, 5) is 44.1. The highest BCUT2D eigenvalue weighted by atomic mass is 16.6. The number of fused-ring (bicyclic) bond motifs is 1. The fourth-order valence-electron chi connectivity index (χ4n) is 3.89. The maximum atomic E-state index is 13.1. The molecule has 174 valence electrons. The topological polar surface area (TPSA) is 103 Å². The van der Waals surface area contributed by atoms with E-state index in [1.165, 1.54) is 18.2 Å². The van der Waals surface area contributed by atoms with Crippen molar-refractivity contribution in [3.8, 4) is 11.4 Å². The van der Waals surface area contributed by atoms with Gasteiger partial charge in [-0.05, 0) is 56.2 Å². The third-order valence-corrected chi connectivity index (χ3v) is 5.83. The van der Waals surface area contributed by atoms with E-state index in [2.05, 4.69) is 10.1 Å². The van der Waals surface area contributed by atoms with Crippen LogP contribution in [0.25, 0.3) is 11.4 Å². The molecule has 35 heavy (non-hydrogen) atoms. The van der Waals surface area contributed by atoms with Crippen LogP contribution in [0.3, 0.4) is 0 Å². The first-order valence-corrected chi connectivity index (χ1v) is 11.0. The Balaban J connectivity index is 1.32. The second-order valence-electron chi connectivity index (χ2n) is 8.45. The molecule has 0 saturated heterocycles. The van der Waals surface area contributed by atoms with Crippen LogP contribution < -0.4 is 4.90 Å². The van der Waals surface area contributed by atoms with Gasteiger partial charge in [-0.1, -0.05) is 47.1 Å². The van der Waals surface area contributed by atoms with Crippen molar-refractivity contribution in [1.29, 1.82) is 0 Å². The second-order valence-corrected chi connectivity index (χ2v) is 8.45. The largest absolute Gasteiger partial charge is 0.452 e. The lowest BCUT2D eigenvalue weighted by molar-refractivity contribution is 0.0429. The zero-order chi connectivity index (χ0) is 24.7. The minimum Gasteiger partial charge on any atom is -0.452 e. The van der Waals surface area contributed by atoms with Gasteiger partial charge in [-0.2, -0.15) is 4.98 Å². The second kappa shape index (κ2) is 8.64. The number of anilines is 1. The van der Waals surface area contributed by atoms with Crippen LogP contribution in [0.4, 0.5) is 5.69 Å². The van der Waals surface area contributed by atoms with Crippen LogP contribution in [-0.4, -0.2) is 27.9 Å². The molecule has 0 unspecified atom stereocenters. The monoisotopic (exact) mass is 467 g/mol. The molecule has 3 aromatic carbocycles. The van der Waals surface area contributed by atoms with Crippen LogP contribution in [0, 0.1) is 20.8 Å². The molecule has 1 aliphatic heterocycles. The van der Waals surface area contributed by atoms with E-state index in [9.17, 15) is 14.4 Å². The van der Waals surface area contributed by atoms with Crippen molar-refractivity contribution in [2.45, 2.75) is 27.4 Å². The molecule has 8 heteroatoms. The number of hydrogen-bond acceptors (Lipinski definition) is 7. The predicted octanol–water partition coefficient (Wildman–Crippen LogP) is 4.82. The first-order valence-electron chi connectivity index (χ1n) is 11.0. The molecule has 0 atom stereocenters. The summed E-state index contributed by atoms with van der Waals surface area (Å²) in [5.74, 6) is -1.04. The van der Waals surface area contributed by atoms with Crippen LogP contribution in [0.5, 0.6) is 0 Å². The van der Waals surface area contributed by atoms with Crippen LogP contribution in [-0.2, 0) is 11.3 Å². The van der Waals surface area contributed by atoms with Gasteiger partial charge in [-0.3, -0.25) is 9.59 Å². The highest BCUT2D eigenvalue weighted by molar-refractivity contribution is 6.35. The van der Waals surface area contributed by atoms with Gasteiger partial charge in [0.15, 0.2) is 6.61 Å². The molecule has 1 aromatic heterocycles. The number of nitrogens with zero attached hydrogens (tertiary/aromatic N) is 3. The molecule has 0 radical (unpaired) electrons. The summed E-state index contributed by atoms with van der Waals surface area (Å²) in [7, 11) is 0. The van der Waals surface area contributed by atoms with Crippen molar-refractivity contribution in [3.05, 3.63) is 99.9 Å². The van der Waals surface area contributed by atoms with Crippen LogP contribution in [0.1, 0.15) is 53.7 Å². The van der Waals surface area contributed by atoms with Crippen molar-refractivity contribution >= 4 is 23.5 Å². The van der Waals surface area contributed by atoms with Crippen molar-refractivity contribution < 1.29 is 23.6 Å². The summed E-state index contributed by atoms with van der Waals surface area (Å²) < 4.78 is 10.5. The van der Waals surface area contributed by atoms with E-state index < -0.39 is 17.8 Å². The number of aromatic nitrogens is 2. The summed E-state index contributed by atoms with van der Waals surface area (Å²) in [5, 5.41) is 3.92. The van der Waals surface area contributed by atoms with Gasteiger partial charge < -0.3 is 9.26 Å². The Morgan fingerprint density at radius 2 is 1.60 bits per heavy atom. The standard InChI is InChI=1S/C27H21N3O5/c1-15-5-8-18(9-6-15)24-28-23(35-29-24)14-34-27(33)19-10-11-20-21(13-19)26(32)30(25(20)31)22-12-16(2)4-7-17(22)3/h4-13H,14H2,1-3H3. The summed E-state index contributed by atoms with van der Waals surface area (Å²) in [6.45, 7) is 5.48. The molecule has 0 saturated carbocycles. The van der Waals surface area contributed by atoms with Gasteiger partial charge in [0.05, 0.1) is 22.4 Å². The number of ether oxygens (including phenoxy) is 1. The van der Waals surface area contributed by atoms with Gasteiger partial charge in [0.25, 0.3) is 17.7 Å². The number of rotatable bonds is 5. The van der Waals surface area contributed by atoms with Crippen molar-refractivity contribution in [1.82, 2.24) is 10.1 Å². The Kier molecular flexibility index (Phi) is 5.49. The molecule has 0 aliphatic carbocycles. The number of carbonyl (C=O) groups excluding carboxylic acids is 3. The maximum Gasteiger partial charge on any atom is 0.338 e. The van der Waals surface area contributed by atoms with Gasteiger partial charge in [-0.25, -0.2) is 9.69 Å². The average molecular weight is 467 g/mol. The van der Waals surface area contributed by atoms with Gasteiger partial charge in [0, 0.05) is 5.56 Å². The zero-order valence-corrected chi connectivity index (χ0v) is 19.4. The Morgan fingerprint density at radius 1 is 0.886 bits per heavy atom. The van der Waals surface area contributed by atoms with Crippen molar-refractivity contribution in [3.63, 3.8) is 0 Å². The SMILES string of the molecule is Cc1ccc(-c2noc(COC(=O)c3ccc4c(c3)C(=O)N(c3cc(C)ccc3C)C4=O)n2)cc1. The highest BCUT2D eigenvalue weighted by Gasteiger charge is 2.38. The molecule has 0 bridgehead atoms. The molecule has 8 nitrogen and oxygen atoms in total.